The third-order valence-electron chi connectivity index (χ3n) is 1.75. The zero-order valence-electron chi connectivity index (χ0n) is 8.26. The van der Waals surface area contributed by atoms with Crippen molar-refractivity contribution >= 4 is 5.97 Å². The maximum absolute atomic E-state index is 12.9. The molecule has 0 amide bonds. The summed E-state index contributed by atoms with van der Waals surface area (Å²) in [5, 5.41) is 8.00. The van der Waals surface area contributed by atoms with Crippen LogP contribution in [-0.4, -0.2) is 17.2 Å². The van der Waals surface area contributed by atoms with Crippen LogP contribution in [0.15, 0.2) is 18.2 Å². The van der Waals surface area contributed by atoms with E-state index in [0.29, 0.717) is 6.07 Å². The Hall–Kier alpha value is -1.93. The Labute approximate surface area is 95.6 Å². The average molecular weight is 274 g/mol. The van der Waals surface area contributed by atoms with Crippen molar-refractivity contribution in [2.75, 3.05) is 0 Å². The number of benzene rings is 1. The topological polar surface area (TPSA) is 46.5 Å². The van der Waals surface area contributed by atoms with Crippen LogP contribution in [0.5, 0.6) is 5.75 Å². The summed E-state index contributed by atoms with van der Waals surface area (Å²) in [5.41, 5.74) is -1.44. The number of halogens is 6. The molecule has 0 radical (unpaired) electrons. The average Bonchev–Trinajstić information content (AvgIpc) is 2.19. The quantitative estimate of drug-likeness (QED) is 0.862. The zero-order valence-corrected chi connectivity index (χ0v) is 8.26. The normalized spacial score (nSPS) is 12.3. The highest BCUT2D eigenvalue weighted by Gasteiger charge is 2.43. The molecule has 0 spiro atoms. The first-order valence-electron chi connectivity index (χ1n) is 4.21. The number of ether oxygens (including phenoxy) is 1. The van der Waals surface area contributed by atoms with Crippen LogP contribution in [0.4, 0.5) is 26.3 Å². The van der Waals surface area contributed by atoms with Gasteiger partial charge in [0.25, 0.3) is 0 Å². The van der Waals surface area contributed by atoms with Crippen LogP contribution in [0.3, 0.4) is 0 Å². The van der Waals surface area contributed by atoms with Gasteiger partial charge in [-0.25, -0.2) is 9.18 Å². The molecule has 1 aromatic carbocycles. The van der Waals surface area contributed by atoms with Crippen molar-refractivity contribution in [3.05, 3.63) is 29.6 Å². The lowest BCUT2D eigenvalue weighted by molar-refractivity contribution is -0.211. The monoisotopic (exact) mass is 274 g/mol. The van der Waals surface area contributed by atoms with E-state index in [2.05, 4.69) is 4.74 Å². The van der Waals surface area contributed by atoms with E-state index in [0.717, 1.165) is 0 Å². The summed E-state index contributed by atoms with van der Waals surface area (Å²) >= 11 is 0. The van der Waals surface area contributed by atoms with Crippen molar-refractivity contribution in [1.29, 1.82) is 0 Å². The molecule has 0 saturated heterocycles. The van der Waals surface area contributed by atoms with Gasteiger partial charge in [0.15, 0.2) is 11.6 Å². The van der Waals surface area contributed by atoms with Crippen LogP contribution in [0.25, 0.3) is 0 Å². The summed E-state index contributed by atoms with van der Waals surface area (Å²) < 4.78 is 78.1. The standard InChI is InChI=1S/C9H4F6O3/c10-5-2-1-4(8(11,12)13)3-6(5)18-9(14,15)7(16)17/h1-3H,(H,16,17). The SMILES string of the molecule is O=C(O)C(F)(F)Oc1cc(C(F)(F)F)ccc1F. The second-order valence-corrected chi connectivity index (χ2v) is 3.07. The fraction of sp³-hybridized carbons (Fsp3) is 0.222. The van der Waals surface area contributed by atoms with Gasteiger partial charge in [0.05, 0.1) is 5.56 Å². The van der Waals surface area contributed by atoms with Gasteiger partial charge in [0, 0.05) is 0 Å². The number of aliphatic carboxylic acids is 1. The zero-order chi connectivity index (χ0) is 14.1. The van der Waals surface area contributed by atoms with Gasteiger partial charge in [-0.05, 0) is 18.2 Å². The number of rotatable bonds is 3. The van der Waals surface area contributed by atoms with E-state index in [-0.39, 0.29) is 12.1 Å². The van der Waals surface area contributed by atoms with E-state index < -0.39 is 35.4 Å². The smallest absolute Gasteiger partial charge is 0.474 e. The van der Waals surface area contributed by atoms with Crippen LogP contribution >= 0.6 is 0 Å². The third-order valence-corrected chi connectivity index (χ3v) is 1.75. The first-order chi connectivity index (χ1) is 8.04. The molecule has 0 bridgehead atoms. The molecule has 0 unspecified atom stereocenters. The highest BCUT2D eigenvalue weighted by molar-refractivity contribution is 5.73. The molecular formula is C9H4F6O3. The molecule has 1 rings (SSSR count). The number of carboxylic acids is 1. The molecule has 0 heterocycles. The number of carboxylic acid groups (broad SMARTS) is 1. The Morgan fingerprint density at radius 3 is 2.17 bits per heavy atom. The lowest BCUT2D eigenvalue weighted by Crippen LogP contribution is -2.35. The fourth-order valence-electron chi connectivity index (χ4n) is 0.940. The van der Waals surface area contributed by atoms with Crippen molar-refractivity contribution in [1.82, 2.24) is 0 Å². The molecule has 0 atom stereocenters. The van der Waals surface area contributed by atoms with Crippen molar-refractivity contribution < 1.29 is 41.0 Å². The second kappa shape index (κ2) is 4.39. The van der Waals surface area contributed by atoms with Gasteiger partial charge < -0.3 is 9.84 Å². The summed E-state index contributed by atoms with van der Waals surface area (Å²) in [6, 6.07) is 0.503. The molecule has 0 saturated carbocycles. The van der Waals surface area contributed by atoms with Gasteiger partial charge in [-0.3, -0.25) is 0 Å². The van der Waals surface area contributed by atoms with Crippen LogP contribution < -0.4 is 4.74 Å². The molecule has 9 heteroatoms. The molecule has 18 heavy (non-hydrogen) atoms. The van der Waals surface area contributed by atoms with Gasteiger partial charge in [0.1, 0.15) is 0 Å². The predicted octanol–water partition coefficient (Wildman–Crippen LogP) is 2.90. The summed E-state index contributed by atoms with van der Waals surface area (Å²) in [4.78, 5) is 10.00. The minimum Gasteiger partial charge on any atom is -0.474 e. The van der Waals surface area contributed by atoms with E-state index in [4.69, 9.17) is 5.11 Å². The Kier molecular flexibility index (Phi) is 3.45. The van der Waals surface area contributed by atoms with Crippen molar-refractivity contribution in [2.24, 2.45) is 0 Å². The molecule has 0 aliphatic heterocycles. The molecule has 1 aromatic rings. The summed E-state index contributed by atoms with van der Waals surface area (Å²) in [5.74, 6) is -5.79. The van der Waals surface area contributed by atoms with Crippen molar-refractivity contribution in [2.45, 2.75) is 12.3 Å². The highest BCUT2D eigenvalue weighted by atomic mass is 19.4. The second-order valence-electron chi connectivity index (χ2n) is 3.07. The summed E-state index contributed by atoms with van der Waals surface area (Å²) in [6.07, 6.45) is -9.73. The summed E-state index contributed by atoms with van der Waals surface area (Å²) in [7, 11) is 0. The predicted molar refractivity (Wildman–Crippen MR) is 44.6 cm³/mol. The molecule has 1 N–H and O–H groups in total. The number of hydrogen-bond acceptors (Lipinski definition) is 2. The number of carbonyl (C=O) groups is 1. The molecule has 0 aliphatic carbocycles. The molecule has 3 nitrogen and oxygen atoms in total. The number of hydrogen-bond donors (Lipinski definition) is 1. The van der Waals surface area contributed by atoms with Gasteiger partial charge in [-0.2, -0.15) is 22.0 Å². The summed E-state index contributed by atoms with van der Waals surface area (Å²) in [6.45, 7) is 0. The molecule has 0 aromatic heterocycles. The number of alkyl halides is 5. The minimum absolute atomic E-state index is 0.0494. The fourth-order valence-corrected chi connectivity index (χ4v) is 0.940. The first kappa shape index (κ1) is 14.1. The lowest BCUT2D eigenvalue weighted by Gasteiger charge is -2.15. The highest BCUT2D eigenvalue weighted by Crippen LogP contribution is 2.34. The van der Waals surface area contributed by atoms with Gasteiger partial charge in [0.2, 0.25) is 0 Å². The van der Waals surface area contributed by atoms with Gasteiger partial charge in [-0.15, -0.1) is 0 Å². The maximum Gasteiger partial charge on any atom is 0.502 e. The Bertz CT molecular complexity index is 468. The maximum atomic E-state index is 12.9. The third kappa shape index (κ3) is 3.05. The van der Waals surface area contributed by atoms with Crippen molar-refractivity contribution in [3.8, 4) is 5.75 Å². The lowest BCUT2D eigenvalue weighted by atomic mass is 10.2. The molecule has 0 aliphatic rings. The van der Waals surface area contributed by atoms with Crippen LogP contribution in [0.1, 0.15) is 5.56 Å². The van der Waals surface area contributed by atoms with Crippen molar-refractivity contribution in [3.63, 3.8) is 0 Å². The van der Waals surface area contributed by atoms with Crippen LogP contribution in [-0.2, 0) is 11.0 Å². The van der Waals surface area contributed by atoms with E-state index in [1.165, 1.54) is 0 Å². The van der Waals surface area contributed by atoms with E-state index in [1.54, 1.807) is 0 Å². The first-order valence-corrected chi connectivity index (χ1v) is 4.21. The Balaban J connectivity index is 3.14. The molecular weight excluding hydrogens is 270 g/mol. The van der Waals surface area contributed by atoms with Gasteiger partial charge >= 0.3 is 18.3 Å². The Morgan fingerprint density at radius 2 is 1.72 bits per heavy atom. The van der Waals surface area contributed by atoms with Crippen LogP contribution in [0, 0.1) is 5.82 Å². The molecule has 0 fully saturated rings. The Morgan fingerprint density at radius 1 is 1.17 bits per heavy atom. The van der Waals surface area contributed by atoms with Gasteiger partial charge in [-0.1, -0.05) is 0 Å². The van der Waals surface area contributed by atoms with E-state index >= 15 is 0 Å². The van der Waals surface area contributed by atoms with E-state index in [1.807, 2.05) is 0 Å². The molecule has 100 valence electrons. The minimum atomic E-state index is -4.90. The van der Waals surface area contributed by atoms with E-state index in [9.17, 15) is 31.1 Å². The largest absolute Gasteiger partial charge is 0.502 e. The van der Waals surface area contributed by atoms with Crippen LogP contribution in [0.2, 0.25) is 0 Å².